The largest absolute Gasteiger partial charge is 0.419 e. The van der Waals surface area contributed by atoms with Crippen molar-refractivity contribution in [2.45, 2.75) is 55.4 Å². The van der Waals surface area contributed by atoms with Gasteiger partial charge >= 0.3 is 0 Å². The molecule has 0 amide bonds. The summed E-state index contributed by atoms with van der Waals surface area (Å²) in [6.45, 7) is 29.4. The van der Waals surface area contributed by atoms with Gasteiger partial charge in [0.2, 0.25) is 0 Å². The van der Waals surface area contributed by atoms with Gasteiger partial charge in [0.05, 0.1) is 12.1 Å². The Labute approximate surface area is 558 Å². The molecule has 64 heavy (non-hydrogen) atoms. The number of nitriles is 2. The number of nitrogen functional groups attached to an aromatic ring is 4. The molecule has 18 heteroatoms. The number of rotatable bonds is 4. The van der Waals surface area contributed by atoms with Crippen molar-refractivity contribution < 1.29 is 253 Å². The van der Waals surface area contributed by atoms with Crippen molar-refractivity contribution in [1.29, 1.82) is 10.5 Å². The minimum Gasteiger partial charge on any atom is -0.419 e. The first kappa shape index (κ1) is 103. The molecule has 0 spiro atoms. The minimum absolute atomic E-state index is 0. The monoisotopic (exact) mass is 2900 g/mol. The van der Waals surface area contributed by atoms with Gasteiger partial charge in [-0.3, -0.25) is 0 Å². The summed E-state index contributed by atoms with van der Waals surface area (Å²) in [4.78, 5) is 0. The van der Waals surface area contributed by atoms with Gasteiger partial charge in [-0.25, -0.2) is 0 Å². The van der Waals surface area contributed by atoms with Crippen molar-refractivity contribution in [3.63, 3.8) is 0 Å². The maximum absolute atomic E-state index is 8.36. The molecule has 6 nitrogen and oxygen atoms in total. The predicted molar refractivity (Wildman–Crippen MR) is 229 cm³/mol. The zero-order chi connectivity index (χ0) is 40.2. The molecule has 4 aromatic carbocycles. The van der Waals surface area contributed by atoms with Gasteiger partial charge in [0.25, 0.3) is 0 Å². The molecule has 0 bridgehead atoms. The van der Waals surface area contributed by atoms with Crippen molar-refractivity contribution in [2.24, 2.45) is 0 Å². The summed E-state index contributed by atoms with van der Waals surface area (Å²) in [6.07, 6.45) is 13.4. The summed E-state index contributed by atoms with van der Waals surface area (Å²) in [5, 5.41) is 15.9. The average molecular weight is 2900 g/mol. The number of hydrogen-bond acceptors (Lipinski definition) is 6. The molecule has 0 radical (unpaired) electrons. The number of allylic oxidation sites excluding steroid dienone is 6. The fraction of sp³-hybridized carbons (Fsp3) is 0.174. The standard InChI is InChI=1S/C12H15N.C11H12N2.2C8H10N.C4H6.C3H3N.12W/c1-4-5-6-11-7-9(2)12(13)10(3)8-11;1-8-6-10(4-3-5-12)7-9(2)11(8)13;2*1-6-4-3-5-7(2)8(6)9;1-3-4-2;1-2-3-4;;;;;;;;;;;;/h4-8H,1,13H2,2-3H3;3-4,6-7H,13H2,1-2H3;2*4-5H,9H2,1-2H3;3-4H,1-2H2;2H,1H2;;;;;;;;;;;;/q;;2*-1;;;;;;;;;;;;;;. The first-order chi connectivity index (χ1) is 24.6. The number of anilines is 4. The molecule has 344 valence electrons. The molecule has 0 aliphatic carbocycles. The molecular weight excluding hydrogens is 2840 g/mol. The van der Waals surface area contributed by atoms with Crippen LogP contribution in [-0.4, -0.2) is 0 Å². The van der Waals surface area contributed by atoms with Gasteiger partial charge in [0.15, 0.2) is 0 Å². The Morgan fingerprint density at radius 1 is 0.406 bits per heavy atom. The van der Waals surface area contributed by atoms with Gasteiger partial charge < -0.3 is 22.9 Å². The van der Waals surface area contributed by atoms with Crippen LogP contribution in [-0.2, 0) is 253 Å². The first-order valence-electron chi connectivity index (χ1n) is 16.3. The maximum Gasteiger partial charge on any atom is 0.0912 e. The van der Waals surface area contributed by atoms with E-state index in [2.05, 4.69) is 50.6 Å². The van der Waals surface area contributed by atoms with Crippen LogP contribution >= 0.6 is 0 Å². The van der Waals surface area contributed by atoms with E-state index in [4.69, 9.17) is 33.5 Å². The Bertz CT molecular complexity index is 1800. The zero-order valence-corrected chi connectivity index (χ0v) is 72.4. The van der Waals surface area contributed by atoms with Crippen LogP contribution in [0.2, 0.25) is 0 Å². The molecule has 0 aliphatic heterocycles. The summed E-state index contributed by atoms with van der Waals surface area (Å²) in [5.74, 6) is 0. The second-order valence-electron chi connectivity index (χ2n) is 11.5. The molecule has 8 N–H and O–H groups in total. The van der Waals surface area contributed by atoms with Crippen LogP contribution in [0, 0.1) is 90.2 Å². The molecule has 0 unspecified atom stereocenters. The molecule has 0 aliphatic rings. The topological polar surface area (TPSA) is 152 Å². The van der Waals surface area contributed by atoms with Crippen LogP contribution < -0.4 is 22.9 Å². The number of nitrogens with two attached hydrogens (primary N) is 4. The van der Waals surface area contributed by atoms with Crippen LogP contribution in [0.4, 0.5) is 22.7 Å². The molecule has 4 rings (SSSR count). The van der Waals surface area contributed by atoms with E-state index in [1.54, 1.807) is 30.4 Å². The first-order valence-corrected chi connectivity index (χ1v) is 16.3. The van der Waals surface area contributed by atoms with Crippen LogP contribution in [0.3, 0.4) is 0 Å². The van der Waals surface area contributed by atoms with E-state index in [0.717, 1.165) is 72.8 Å². The molecule has 0 fully saturated rings. The molecule has 0 heterocycles. The predicted octanol–water partition coefficient (Wildman–Crippen LogP) is 10.9. The maximum atomic E-state index is 8.36. The SMILES string of the molecule is C=CC#N.C=CC=C.C=CC=Cc1cc(C)c(N)c(C)c1.Cc1c[c-]cc(C)c1N.Cc1c[c-]cc(C)c1N.Cc1cc(C=CC#N)cc(C)c1N.[W].[W].[W].[W].[W].[W].[W].[W].[W].[W].[W].[W]. The van der Waals surface area contributed by atoms with Gasteiger partial charge in [0, 0.05) is 276 Å². The van der Waals surface area contributed by atoms with Crippen LogP contribution in [0.5, 0.6) is 0 Å². The number of hydrogen-bond donors (Lipinski definition) is 4. The third-order valence-corrected chi connectivity index (χ3v) is 7.16. The van der Waals surface area contributed by atoms with Gasteiger partial charge in [-0.2, -0.15) is 46.9 Å². The molecule has 0 saturated carbocycles. The molecule has 0 saturated heterocycles. The van der Waals surface area contributed by atoms with Gasteiger partial charge in [-0.05, 0) is 91.4 Å². The molecule has 0 atom stereocenters. The second-order valence-corrected chi connectivity index (χ2v) is 11.5. The zero-order valence-electron chi connectivity index (χ0n) is 37.2. The van der Waals surface area contributed by atoms with E-state index >= 15 is 0 Å². The average Bonchev–Trinajstić information content (AvgIpc) is 3.13. The molecule has 4 aromatic rings. The smallest absolute Gasteiger partial charge is 0.0912 e. The Morgan fingerprint density at radius 3 is 0.828 bits per heavy atom. The van der Waals surface area contributed by atoms with Crippen LogP contribution in [0.15, 0.2) is 111 Å². The Kier molecular flexibility index (Phi) is 104. The fourth-order valence-electron chi connectivity index (χ4n) is 4.04. The van der Waals surface area contributed by atoms with Crippen molar-refractivity contribution in [3.8, 4) is 12.1 Å². The van der Waals surface area contributed by atoms with Crippen molar-refractivity contribution >= 4 is 34.9 Å². The molecule has 0 aromatic heterocycles. The van der Waals surface area contributed by atoms with Gasteiger partial charge in [-0.1, -0.05) is 95.8 Å². The number of benzene rings is 4. The normalized spacial score (nSPS) is 7.47. The summed E-state index contributed by atoms with van der Waals surface area (Å²) < 4.78 is 0. The van der Waals surface area contributed by atoms with Crippen LogP contribution in [0.25, 0.3) is 12.2 Å². The van der Waals surface area contributed by atoms with E-state index in [-0.39, 0.29) is 253 Å². The Balaban J connectivity index is -0.0000000390. The van der Waals surface area contributed by atoms with Crippen molar-refractivity contribution in [1.82, 2.24) is 0 Å². The Hall–Kier alpha value is 1.76. The summed E-state index contributed by atoms with van der Waals surface area (Å²) >= 11 is 0. The minimum atomic E-state index is 0. The van der Waals surface area contributed by atoms with Crippen LogP contribution in [0.1, 0.15) is 55.6 Å². The van der Waals surface area contributed by atoms with E-state index in [1.807, 2.05) is 110 Å². The summed E-state index contributed by atoms with van der Waals surface area (Å²) in [5.41, 5.74) is 37.4. The quantitative estimate of drug-likeness (QED) is 0.0691. The number of nitrogens with zero attached hydrogens (tertiary/aromatic N) is 2. The van der Waals surface area contributed by atoms with E-state index < -0.39 is 0 Å². The van der Waals surface area contributed by atoms with E-state index in [0.29, 0.717) is 0 Å². The fourth-order valence-corrected chi connectivity index (χ4v) is 4.04. The summed E-state index contributed by atoms with van der Waals surface area (Å²) in [7, 11) is 0. The van der Waals surface area contributed by atoms with E-state index in [9.17, 15) is 0 Å². The molecular formula is C46H56N6W12-2. The summed E-state index contributed by atoms with van der Waals surface area (Å²) in [6, 6.07) is 25.3. The van der Waals surface area contributed by atoms with Crippen molar-refractivity contribution in [3.05, 3.63) is 179 Å². The van der Waals surface area contributed by atoms with Crippen molar-refractivity contribution in [2.75, 3.05) is 22.9 Å². The van der Waals surface area contributed by atoms with Gasteiger partial charge in [-0.15, -0.1) is 22.3 Å². The van der Waals surface area contributed by atoms with E-state index in [1.165, 1.54) is 17.7 Å². The number of aryl methyl sites for hydroxylation is 8. The third kappa shape index (κ3) is 48.8. The second kappa shape index (κ2) is 64.8. The Morgan fingerprint density at radius 2 is 0.641 bits per heavy atom. The third-order valence-electron chi connectivity index (χ3n) is 7.16. The van der Waals surface area contributed by atoms with Gasteiger partial charge in [0.1, 0.15) is 0 Å².